The summed E-state index contributed by atoms with van der Waals surface area (Å²) in [6.45, 7) is 2.07. The van der Waals surface area contributed by atoms with E-state index in [-0.39, 0.29) is 28.9 Å². The highest BCUT2D eigenvalue weighted by molar-refractivity contribution is 5.88. The third-order valence-electron chi connectivity index (χ3n) is 9.74. The first-order chi connectivity index (χ1) is 18.8. The molecule has 3 aliphatic rings. The number of carbonyl (C=O) groups excluding carboxylic acids is 1. The number of alkyl halides is 6. The minimum atomic E-state index is -4.51. The van der Waals surface area contributed by atoms with Crippen LogP contribution in [0.2, 0.25) is 0 Å². The number of benzene rings is 3. The van der Waals surface area contributed by atoms with E-state index in [9.17, 15) is 36.2 Å². The van der Waals surface area contributed by atoms with Crippen LogP contribution in [-0.2, 0) is 23.6 Å². The predicted octanol–water partition coefficient (Wildman–Crippen LogP) is 9.19. The normalized spacial score (nSPS) is 26.3. The van der Waals surface area contributed by atoms with E-state index in [0.29, 0.717) is 40.9 Å². The average Bonchev–Trinajstić information content (AvgIpc) is 3.21. The van der Waals surface area contributed by atoms with Gasteiger partial charge in [0.05, 0.1) is 11.1 Å². The quantitative estimate of drug-likeness (QED) is 0.319. The van der Waals surface area contributed by atoms with E-state index in [0.717, 1.165) is 61.1 Å². The Morgan fingerprint density at radius 1 is 0.800 bits per heavy atom. The lowest BCUT2D eigenvalue weighted by molar-refractivity contribution is -0.138. The molecule has 0 radical (unpaired) electrons. The van der Waals surface area contributed by atoms with Gasteiger partial charge >= 0.3 is 12.4 Å². The predicted molar refractivity (Wildman–Crippen MR) is 139 cm³/mol. The summed E-state index contributed by atoms with van der Waals surface area (Å²) in [7, 11) is 0. The number of Topliss-reactive ketones (excluding diaryl/α,β-unsaturated/α-hetero) is 1. The second-order valence-corrected chi connectivity index (χ2v) is 11.7. The van der Waals surface area contributed by atoms with Crippen LogP contribution in [0.4, 0.5) is 26.3 Å². The standard InChI is InChI=1S/C32H28F6O2/c1-30-15-14-21-22(26(30)12-13-27(30)39)10-11-23-25(21)16-24(17-2-6-19(7-3-17)31(33,34)35)29(40)28(23)18-4-8-20(9-5-18)32(36,37)38/h2-9,16,21-22,26,40H,10-15H2,1H3/t21-,22+,26-,30-/m0/s1. The third kappa shape index (κ3) is 4.22. The summed E-state index contributed by atoms with van der Waals surface area (Å²) >= 11 is 0. The Morgan fingerprint density at radius 2 is 1.38 bits per heavy atom. The van der Waals surface area contributed by atoms with Crippen molar-refractivity contribution in [1.29, 1.82) is 0 Å². The lowest BCUT2D eigenvalue weighted by Crippen LogP contribution is -2.42. The van der Waals surface area contributed by atoms with Crippen LogP contribution in [0.3, 0.4) is 0 Å². The molecule has 0 bridgehead atoms. The minimum absolute atomic E-state index is 0.0923. The first-order valence-electron chi connectivity index (χ1n) is 13.6. The van der Waals surface area contributed by atoms with Crippen molar-refractivity contribution in [2.24, 2.45) is 17.3 Å². The molecule has 8 heteroatoms. The van der Waals surface area contributed by atoms with Gasteiger partial charge in [-0.1, -0.05) is 31.2 Å². The highest BCUT2D eigenvalue weighted by atomic mass is 19.4. The van der Waals surface area contributed by atoms with Crippen molar-refractivity contribution in [2.45, 2.75) is 63.7 Å². The highest BCUT2D eigenvalue weighted by Crippen LogP contribution is 2.61. The molecule has 0 saturated heterocycles. The van der Waals surface area contributed by atoms with Gasteiger partial charge in [-0.05, 0) is 102 Å². The van der Waals surface area contributed by atoms with Crippen LogP contribution >= 0.6 is 0 Å². The smallest absolute Gasteiger partial charge is 0.416 e. The van der Waals surface area contributed by atoms with E-state index in [4.69, 9.17) is 0 Å². The summed E-state index contributed by atoms with van der Waals surface area (Å²) in [5, 5.41) is 11.5. The molecule has 40 heavy (non-hydrogen) atoms. The van der Waals surface area contributed by atoms with Gasteiger partial charge in [0.25, 0.3) is 0 Å². The zero-order valence-electron chi connectivity index (χ0n) is 21.8. The molecule has 0 spiro atoms. The summed E-state index contributed by atoms with van der Waals surface area (Å²) < 4.78 is 79.5. The Morgan fingerprint density at radius 3 is 1.95 bits per heavy atom. The van der Waals surface area contributed by atoms with Crippen LogP contribution in [-0.4, -0.2) is 10.9 Å². The molecule has 3 aromatic carbocycles. The van der Waals surface area contributed by atoms with Crippen molar-refractivity contribution in [3.8, 4) is 28.0 Å². The van der Waals surface area contributed by atoms with Gasteiger partial charge in [-0.2, -0.15) is 26.3 Å². The zero-order chi connectivity index (χ0) is 28.6. The molecule has 2 fully saturated rings. The highest BCUT2D eigenvalue weighted by Gasteiger charge is 2.54. The second kappa shape index (κ2) is 9.11. The molecule has 0 aromatic heterocycles. The first kappa shape index (κ1) is 26.9. The minimum Gasteiger partial charge on any atom is -0.507 e. The van der Waals surface area contributed by atoms with Crippen molar-refractivity contribution in [1.82, 2.24) is 0 Å². The molecule has 0 heterocycles. The molecule has 3 aliphatic carbocycles. The van der Waals surface area contributed by atoms with E-state index < -0.39 is 23.5 Å². The average molecular weight is 559 g/mol. The Balaban J connectivity index is 1.51. The number of hydrogen-bond donors (Lipinski definition) is 1. The van der Waals surface area contributed by atoms with E-state index in [1.165, 1.54) is 24.3 Å². The Labute approximate surface area is 228 Å². The molecule has 210 valence electrons. The lowest BCUT2D eigenvalue weighted by Gasteiger charge is -2.48. The van der Waals surface area contributed by atoms with Crippen LogP contribution in [0.25, 0.3) is 22.3 Å². The number of ketones is 1. The molecule has 2 saturated carbocycles. The van der Waals surface area contributed by atoms with E-state index in [1.54, 1.807) is 0 Å². The number of fused-ring (bicyclic) bond motifs is 5. The topological polar surface area (TPSA) is 37.3 Å². The lowest BCUT2D eigenvalue weighted by atomic mass is 9.55. The molecule has 1 N–H and O–H groups in total. The van der Waals surface area contributed by atoms with Crippen LogP contribution in [0.15, 0.2) is 54.6 Å². The van der Waals surface area contributed by atoms with Crippen LogP contribution in [0.5, 0.6) is 5.75 Å². The molecule has 4 atom stereocenters. The maximum atomic E-state index is 13.3. The van der Waals surface area contributed by atoms with Crippen LogP contribution < -0.4 is 0 Å². The number of carbonyl (C=O) groups is 1. The fourth-order valence-electron chi connectivity index (χ4n) is 7.69. The first-order valence-corrected chi connectivity index (χ1v) is 13.6. The molecule has 2 nitrogen and oxygen atoms in total. The van der Waals surface area contributed by atoms with Gasteiger partial charge in [0.1, 0.15) is 11.5 Å². The fourth-order valence-corrected chi connectivity index (χ4v) is 7.69. The number of phenolic OH excluding ortho intramolecular Hbond substituents is 1. The molecule has 0 unspecified atom stereocenters. The van der Waals surface area contributed by atoms with Crippen molar-refractivity contribution in [3.05, 3.63) is 76.9 Å². The number of hydrogen-bond acceptors (Lipinski definition) is 2. The van der Waals surface area contributed by atoms with E-state index >= 15 is 0 Å². The van der Waals surface area contributed by atoms with Gasteiger partial charge in [-0.15, -0.1) is 0 Å². The number of halogens is 6. The van der Waals surface area contributed by atoms with Gasteiger partial charge in [-0.3, -0.25) is 4.79 Å². The maximum Gasteiger partial charge on any atom is 0.416 e. The van der Waals surface area contributed by atoms with Gasteiger partial charge in [0, 0.05) is 23.0 Å². The van der Waals surface area contributed by atoms with Crippen molar-refractivity contribution < 1.29 is 36.2 Å². The molecule has 6 rings (SSSR count). The molecular formula is C32H28F6O2. The Kier molecular flexibility index (Phi) is 6.13. The summed E-state index contributed by atoms with van der Waals surface area (Å²) in [4.78, 5) is 12.8. The molecule has 0 amide bonds. The van der Waals surface area contributed by atoms with Gasteiger partial charge in [0.2, 0.25) is 0 Å². The van der Waals surface area contributed by atoms with Crippen molar-refractivity contribution in [2.75, 3.05) is 0 Å². The van der Waals surface area contributed by atoms with Gasteiger partial charge < -0.3 is 5.11 Å². The number of phenols is 1. The summed E-state index contributed by atoms with van der Waals surface area (Å²) in [5.74, 6) is 0.736. The number of aromatic hydroxyl groups is 1. The molecular weight excluding hydrogens is 530 g/mol. The monoisotopic (exact) mass is 558 g/mol. The largest absolute Gasteiger partial charge is 0.507 e. The van der Waals surface area contributed by atoms with Crippen LogP contribution in [0, 0.1) is 17.3 Å². The van der Waals surface area contributed by atoms with Gasteiger partial charge in [-0.25, -0.2) is 0 Å². The van der Waals surface area contributed by atoms with Crippen LogP contribution in [0.1, 0.15) is 67.2 Å². The molecule has 3 aromatic rings. The van der Waals surface area contributed by atoms with Crippen molar-refractivity contribution in [3.63, 3.8) is 0 Å². The fraction of sp³-hybridized carbons (Fsp3) is 0.406. The SMILES string of the molecule is C[C@]12CC[C@@H]3c4cc(-c5ccc(C(F)(F)F)cc5)c(O)c(-c5ccc(C(F)(F)F)cc5)c4CC[C@H]3[C@@H]1CCC2=O. The summed E-state index contributed by atoms with van der Waals surface area (Å²) in [6.07, 6.45) is -4.72. The summed E-state index contributed by atoms with van der Waals surface area (Å²) in [5.41, 5.74) is 1.46. The van der Waals surface area contributed by atoms with E-state index in [1.807, 2.05) is 6.07 Å². The Bertz CT molecular complexity index is 1470. The second-order valence-electron chi connectivity index (χ2n) is 11.7. The molecule has 0 aliphatic heterocycles. The summed E-state index contributed by atoms with van der Waals surface area (Å²) in [6, 6.07) is 11.1. The number of rotatable bonds is 2. The van der Waals surface area contributed by atoms with E-state index in [2.05, 4.69) is 6.92 Å². The van der Waals surface area contributed by atoms with Gasteiger partial charge in [0.15, 0.2) is 0 Å². The zero-order valence-corrected chi connectivity index (χ0v) is 21.8. The Hall–Kier alpha value is -3.29. The third-order valence-corrected chi connectivity index (χ3v) is 9.74. The van der Waals surface area contributed by atoms with Crippen molar-refractivity contribution >= 4 is 5.78 Å². The maximum absolute atomic E-state index is 13.3.